The maximum absolute atomic E-state index is 12.3. The summed E-state index contributed by atoms with van der Waals surface area (Å²) in [7, 11) is 0. The van der Waals surface area contributed by atoms with Crippen LogP contribution in [0.4, 0.5) is 0 Å². The number of carbonyl (C=O) groups excluding carboxylic acids is 1. The number of rotatable bonds is 27. The van der Waals surface area contributed by atoms with Gasteiger partial charge in [-0.3, -0.25) is 4.79 Å². The molecule has 0 aliphatic rings. The predicted molar refractivity (Wildman–Crippen MR) is 179 cm³/mol. The van der Waals surface area contributed by atoms with Crippen molar-refractivity contribution in [3.63, 3.8) is 0 Å². The van der Waals surface area contributed by atoms with Crippen LogP contribution in [-0.2, 0) is 16.1 Å². The lowest BCUT2D eigenvalue weighted by molar-refractivity contribution is -0.148. The van der Waals surface area contributed by atoms with Gasteiger partial charge in [0.05, 0.1) is 0 Å². The summed E-state index contributed by atoms with van der Waals surface area (Å²) < 4.78 is 11.5. The van der Waals surface area contributed by atoms with E-state index in [1.807, 2.05) is 49.4 Å². The first-order chi connectivity index (χ1) is 20.7. The van der Waals surface area contributed by atoms with E-state index in [2.05, 4.69) is 19.1 Å². The molecule has 1 atom stereocenters. The van der Waals surface area contributed by atoms with Crippen LogP contribution < -0.4 is 4.74 Å². The van der Waals surface area contributed by atoms with Crippen LogP contribution in [0.1, 0.15) is 172 Å². The highest BCUT2D eigenvalue weighted by atomic mass is 16.5. The molecular weight excluding hydrogens is 516 g/mol. The van der Waals surface area contributed by atoms with Crippen LogP contribution >= 0.6 is 0 Å². The minimum Gasteiger partial charge on any atom is -0.489 e. The first kappa shape index (κ1) is 35.9. The Morgan fingerprint density at radius 3 is 1.45 bits per heavy atom. The van der Waals surface area contributed by atoms with Crippen LogP contribution in [0.2, 0.25) is 0 Å². The van der Waals surface area contributed by atoms with Crippen LogP contribution in [0.3, 0.4) is 0 Å². The van der Waals surface area contributed by atoms with Crippen molar-refractivity contribution >= 4 is 5.97 Å². The van der Waals surface area contributed by atoms with E-state index in [4.69, 9.17) is 9.47 Å². The average molecular weight is 579 g/mol. The van der Waals surface area contributed by atoms with Gasteiger partial charge < -0.3 is 9.47 Å². The third kappa shape index (κ3) is 19.0. The molecule has 3 nitrogen and oxygen atoms in total. The lowest BCUT2D eigenvalue weighted by atomic mass is 10.0. The summed E-state index contributed by atoms with van der Waals surface area (Å²) in [6.07, 6.45) is 29.0. The van der Waals surface area contributed by atoms with E-state index in [-0.39, 0.29) is 12.1 Å². The largest absolute Gasteiger partial charge is 0.489 e. The molecule has 0 bridgehead atoms. The van der Waals surface area contributed by atoms with E-state index >= 15 is 0 Å². The number of unbranched alkanes of at least 4 members (excludes halogenated alkanes) is 20. The van der Waals surface area contributed by atoms with Crippen molar-refractivity contribution in [3.05, 3.63) is 65.7 Å². The second-order valence-corrected chi connectivity index (χ2v) is 12.3. The molecule has 236 valence electrons. The molecule has 2 rings (SSSR count). The Kier molecular flexibility index (Phi) is 21.6. The summed E-state index contributed by atoms with van der Waals surface area (Å²) in [6, 6.07) is 18.0. The first-order valence-electron chi connectivity index (χ1n) is 17.6. The number of benzene rings is 2. The Labute approximate surface area is 259 Å². The molecule has 0 aromatic heterocycles. The standard InChI is InChI=1S/C39H62O3/c1-3-4-5-6-7-8-9-10-11-12-13-14-15-16-17-18-19-20-21-22-26-29-39(40)42-35(2)37-30-32-38(33-31-37)41-34-36-27-24-23-25-28-36/h23-25,27-28,30-33,35H,3-22,26,29,34H2,1-2H3. The van der Waals surface area contributed by atoms with Gasteiger partial charge in [0.1, 0.15) is 18.5 Å². The number of esters is 1. The fourth-order valence-electron chi connectivity index (χ4n) is 5.60. The molecule has 0 spiro atoms. The van der Waals surface area contributed by atoms with E-state index in [1.165, 1.54) is 122 Å². The lowest BCUT2D eigenvalue weighted by Crippen LogP contribution is -2.08. The highest BCUT2D eigenvalue weighted by Gasteiger charge is 2.12. The Morgan fingerprint density at radius 1 is 0.571 bits per heavy atom. The smallest absolute Gasteiger partial charge is 0.306 e. The summed E-state index contributed by atoms with van der Waals surface area (Å²) in [5.74, 6) is 0.727. The van der Waals surface area contributed by atoms with Crippen molar-refractivity contribution in [1.29, 1.82) is 0 Å². The molecule has 1 unspecified atom stereocenters. The van der Waals surface area contributed by atoms with Gasteiger partial charge in [-0.1, -0.05) is 178 Å². The van der Waals surface area contributed by atoms with Gasteiger partial charge >= 0.3 is 5.97 Å². The van der Waals surface area contributed by atoms with Gasteiger partial charge in [-0.2, -0.15) is 0 Å². The van der Waals surface area contributed by atoms with Gasteiger partial charge in [0.2, 0.25) is 0 Å². The minimum absolute atomic E-state index is 0.0929. The Morgan fingerprint density at radius 2 is 1.00 bits per heavy atom. The van der Waals surface area contributed by atoms with Crippen LogP contribution in [0.15, 0.2) is 54.6 Å². The van der Waals surface area contributed by atoms with E-state index in [0.717, 1.165) is 29.7 Å². The molecule has 2 aromatic carbocycles. The van der Waals surface area contributed by atoms with Crippen LogP contribution in [0.25, 0.3) is 0 Å². The van der Waals surface area contributed by atoms with Gasteiger partial charge in [-0.15, -0.1) is 0 Å². The third-order valence-corrected chi connectivity index (χ3v) is 8.39. The molecule has 0 saturated carbocycles. The molecule has 0 aliphatic carbocycles. The predicted octanol–water partition coefficient (Wildman–Crippen LogP) is 12.5. The minimum atomic E-state index is -0.240. The van der Waals surface area contributed by atoms with Crippen LogP contribution in [0, 0.1) is 0 Å². The molecular formula is C39H62O3. The van der Waals surface area contributed by atoms with E-state index in [1.54, 1.807) is 0 Å². The Balaban J connectivity index is 1.34. The fraction of sp³-hybridized carbons (Fsp3) is 0.667. The Bertz CT molecular complexity index is 876. The average Bonchev–Trinajstić information content (AvgIpc) is 3.01. The van der Waals surface area contributed by atoms with Crippen molar-refractivity contribution in [2.45, 2.75) is 168 Å². The van der Waals surface area contributed by atoms with Crippen LogP contribution in [-0.4, -0.2) is 5.97 Å². The van der Waals surface area contributed by atoms with Crippen molar-refractivity contribution in [3.8, 4) is 5.75 Å². The van der Waals surface area contributed by atoms with Gasteiger partial charge in [-0.25, -0.2) is 0 Å². The summed E-state index contributed by atoms with van der Waals surface area (Å²) in [4.78, 5) is 12.3. The van der Waals surface area contributed by atoms with Gasteiger partial charge in [-0.05, 0) is 36.6 Å². The molecule has 0 aliphatic heterocycles. The molecule has 2 aromatic rings. The second kappa shape index (κ2) is 25.2. The first-order valence-corrected chi connectivity index (χ1v) is 17.6. The highest BCUT2D eigenvalue weighted by Crippen LogP contribution is 2.22. The summed E-state index contributed by atoms with van der Waals surface area (Å²) in [5.41, 5.74) is 2.14. The number of hydrogen-bond donors (Lipinski definition) is 0. The van der Waals surface area contributed by atoms with Crippen molar-refractivity contribution in [2.75, 3.05) is 0 Å². The second-order valence-electron chi connectivity index (χ2n) is 12.3. The number of ether oxygens (including phenoxy) is 2. The maximum Gasteiger partial charge on any atom is 0.306 e. The monoisotopic (exact) mass is 578 g/mol. The summed E-state index contributed by atoms with van der Waals surface area (Å²) >= 11 is 0. The van der Waals surface area contributed by atoms with Gasteiger partial charge in [0, 0.05) is 6.42 Å². The normalized spacial score (nSPS) is 11.9. The molecule has 42 heavy (non-hydrogen) atoms. The molecule has 0 fully saturated rings. The molecule has 0 N–H and O–H groups in total. The van der Waals surface area contributed by atoms with Gasteiger partial charge in [0.15, 0.2) is 0 Å². The van der Waals surface area contributed by atoms with E-state index in [0.29, 0.717) is 13.0 Å². The van der Waals surface area contributed by atoms with E-state index < -0.39 is 0 Å². The maximum atomic E-state index is 12.3. The quantitative estimate of drug-likeness (QED) is 0.0781. The molecule has 3 heteroatoms. The summed E-state index contributed by atoms with van der Waals surface area (Å²) in [6.45, 7) is 4.78. The SMILES string of the molecule is CCCCCCCCCCCCCCCCCCCCCCCC(=O)OC(C)c1ccc(OCc2ccccc2)cc1. The number of hydrogen-bond acceptors (Lipinski definition) is 3. The number of carbonyl (C=O) groups is 1. The molecule has 0 saturated heterocycles. The van der Waals surface area contributed by atoms with Crippen LogP contribution in [0.5, 0.6) is 5.75 Å². The fourth-order valence-corrected chi connectivity index (χ4v) is 5.60. The van der Waals surface area contributed by atoms with Crippen molar-refractivity contribution < 1.29 is 14.3 Å². The topological polar surface area (TPSA) is 35.5 Å². The zero-order chi connectivity index (χ0) is 29.9. The van der Waals surface area contributed by atoms with Crippen molar-refractivity contribution in [1.82, 2.24) is 0 Å². The van der Waals surface area contributed by atoms with Gasteiger partial charge in [0.25, 0.3) is 0 Å². The lowest BCUT2D eigenvalue weighted by Gasteiger charge is -2.14. The van der Waals surface area contributed by atoms with E-state index in [9.17, 15) is 4.79 Å². The highest BCUT2D eigenvalue weighted by molar-refractivity contribution is 5.69. The zero-order valence-corrected chi connectivity index (χ0v) is 27.3. The summed E-state index contributed by atoms with van der Waals surface area (Å²) in [5, 5.41) is 0. The third-order valence-electron chi connectivity index (χ3n) is 8.39. The van der Waals surface area contributed by atoms with Crippen molar-refractivity contribution in [2.24, 2.45) is 0 Å². The molecule has 0 heterocycles. The Hall–Kier alpha value is -2.29. The molecule has 0 amide bonds. The zero-order valence-electron chi connectivity index (χ0n) is 27.3. The molecule has 0 radical (unpaired) electrons.